The molecule has 0 fully saturated rings. The summed E-state index contributed by atoms with van der Waals surface area (Å²) in [6, 6.07) is 27.5. The number of rotatable bonds is 5. The highest BCUT2D eigenvalue weighted by atomic mass is 15.1. The van der Waals surface area contributed by atoms with Crippen LogP contribution in [0.1, 0.15) is 0 Å². The molecule has 2 heteroatoms. The predicted molar refractivity (Wildman–Crippen MR) is 104 cm³/mol. The first-order valence-corrected chi connectivity index (χ1v) is 7.94. The predicted octanol–water partition coefficient (Wildman–Crippen LogP) is 5.62. The van der Waals surface area contributed by atoms with E-state index in [1.165, 1.54) is 28.5 Å². The standard InChI is InChI=1S/C22H20N2/c1-24(16-6-15-23)22-10-5-9-21(17-22)20-13-11-19(12-14-20)18-7-3-2-4-8-18/h2-17,23H,1H3/b16-6-,23-15?. The summed E-state index contributed by atoms with van der Waals surface area (Å²) in [4.78, 5) is 2.01. The van der Waals surface area contributed by atoms with E-state index in [0.29, 0.717) is 0 Å². The maximum Gasteiger partial charge on any atom is 0.0409 e. The van der Waals surface area contributed by atoms with Gasteiger partial charge in [0.2, 0.25) is 0 Å². The Morgan fingerprint density at radius 1 is 0.708 bits per heavy atom. The summed E-state index contributed by atoms with van der Waals surface area (Å²) in [5, 5.41) is 7.09. The maximum absolute atomic E-state index is 7.09. The van der Waals surface area contributed by atoms with Gasteiger partial charge in [-0.05, 0) is 40.5 Å². The van der Waals surface area contributed by atoms with Crippen LogP contribution < -0.4 is 4.90 Å². The monoisotopic (exact) mass is 312 g/mol. The Balaban J connectivity index is 1.87. The first-order valence-electron chi connectivity index (χ1n) is 7.94. The molecule has 0 bridgehead atoms. The third kappa shape index (κ3) is 3.61. The van der Waals surface area contributed by atoms with Gasteiger partial charge >= 0.3 is 0 Å². The van der Waals surface area contributed by atoms with Crippen LogP contribution in [-0.4, -0.2) is 13.3 Å². The molecule has 0 aromatic heterocycles. The minimum absolute atomic E-state index is 1.10. The number of benzene rings is 3. The van der Waals surface area contributed by atoms with Crippen molar-refractivity contribution in [1.82, 2.24) is 0 Å². The van der Waals surface area contributed by atoms with Crippen LogP contribution in [0.2, 0.25) is 0 Å². The molecule has 0 amide bonds. The van der Waals surface area contributed by atoms with Crippen LogP contribution in [0.4, 0.5) is 5.69 Å². The summed E-state index contributed by atoms with van der Waals surface area (Å²) in [5.74, 6) is 0. The van der Waals surface area contributed by atoms with Crippen molar-refractivity contribution in [2.45, 2.75) is 0 Å². The van der Waals surface area contributed by atoms with E-state index in [-0.39, 0.29) is 0 Å². The van der Waals surface area contributed by atoms with Crippen molar-refractivity contribution >= 4 is 11.9 Å². The molecule has 3 aromatic rings. The molecule has 0 radical (unpaired) electrons. The molecule has 0 atom stereocenters. The van der Waals surface area contributed by atoms with E-state index < -0.39 is 0 Å². The third-order valence-corrected chi connectivity index (χ3v) is 3.98. The van der Waals surface area contributed by atoms with Gasteiger partial charge in [-0.2, -0.15) is 0 Å². The van der Waals surface area contributed by atoms with Crippen LogP contribution in [0.15, 0.2) is 91.1 Å². The van der Waals surface area contributed by atoms with Crippen molar-refractivity contribution in [3.8, 4) is 22.3 Å². The second-order valence-electron chi connectivity index (χ2n) is 5.61. The topological polar surface area (TPSA) is 27.1 Å². The van der Waals surface area contributed by atoms with Crippen molar-refractivity contribution in [3.05, 3.63) is 91.1 Å². The number of allylic oxidation sites excluding steroid dienone is 1. The van der Waals surface area contributed by atoms with Crippen molar-refractivity contribution in [1.29, 1.82) is 5.41 Å². The van der Waals surface area contributed by atoms with E-state index in [9.17, 15) is 0 Å². The lowest BCUT2D eigenvalue weighted by Gasteiger charge is -2.15. The van der Waals surface area contributed by atoms with Crippen molar-refractivity contribution < 1.29 is 0 Å². The minimum atomic E-state index is 1.10. The van der Waals surface area contributed by atoms with Gasteiger partial charge in [0.05, 0.1) is 0 Å². The van der Waals surface area contributed by atoms with Crippen LogP contribution >= 0.6 is 0 Å². The highest BCUT2D eigenvalue weighted by Gasteiger charge is 2.03. The van der Waals surface area contributed by atoms with E-state index in [1.807, 2.05) is 24.2 Å². The normalized spacial score (nSPS) is 10.7. The summed E-state index contributed by atoms with van der Waals surface area (Å²) in [5.41, 5.74) is 5.93. The molecule has 0 unspecified atom stereocenters. The second kappa shape index (κ2) is 7.42. The Labute approximate surface area is 143 Å². The van der Waals surface area contributed by atoms with Gasteiger partial charge in [-0.25, -0.2) is 0 Å². The lowest BCUT2D eigenvalue weighted by molar-refractivity contribution is 1.21. The molecular formula is C22H20N2. The van der Waals surface area contributed by atoms with E-state index in [2.05, 4.69) is 72.8 Å². The SMILES string of the molecule is CN(/C=C\C=N)c1cccc(-c2ccc(-c3ccccc3)cc2)c1. The highest BCUT2D eigenvalue weighted by Crippen LogP contribution is 2.27. The molecular weight excluding hydrogens is 292 g/mol. The lowest BCUT2D eigenvalue weighted by atomic mass is 10.00. The summed E-state index contributed by atoms with van der Waals surface area (Å²) in [7, 11) is 1.98. The molecule has 0 heterocycles. The Morgan fingerprint density at radius 2 is 1.29 bits per heavy atom. The summed E-state index contributed by atoms with van der Waals surface area (Å²) >= 11 is 0. The fourth-order valence-electron chi connectivity index (χ4n) is 2.65. The van der Waals surface area contributed by atoms with Crippen LogP contribution in [0, 0.1) is 5.41 Å². The Hall–Kier alpha value is -3.13. The molecule has 0 spiro atoms. The van der Waals surface area contributed by atoms with E-state index in [4.69, 9.17) is 5.41 Å². The quantitative estimate of drug-likeness (QED) is 0.608. The molecule has 0 aliphatic carbocycles. The van der Waals surface area contributed by atoms with Gasteiger partial charge in [-0.1, -0.05) is 66.7 Å². The molecule has 3 rings (SSSR count). The molecule has 0 saturated heterocycles. The Morgan fingerprint density at radius 3 is 1.96 bits per heavy atom. The molecule has 0 aliphatic heterocycles. The first-order chi connectivity index (χ1) is 11.8. The number of hydrogen-bond acceptors (Lipinski definition) is 2. The number of anilines is 1. The third-order valence-electron chi connectivity index (χ3n) is 3.98. The molecule has 0 aliphatic rings. The summed E-state index contributed by atoms with van der Waals surface area (Å²) in [6.45, 7) is 0. The Bertz CT molecular complexity index is 833. The van der Waals surface area contributed by atoms with E-state index in [1.54, 1.807) is 6.08 Å². The molecule has 24 heavy (non-hydrogen) atoms. The largest absolute Gasteiger partial charge is 0.351 e. The van der Waals surface area contributed by atoms with Crippen LogP contribution in [0.5, 0.6) is 0 Å². The molecule has 2 nitrogen and oxygen atoms in total. The van der Waals surface area contributed by atoms with Gasteiger partial charge in [0, 0.05) is 25.1 Å². The van der Waals surface area contributed by atoms with Gasteiger partial charge in [0.25, 0.3) is 0 Å². The molecule has 0 saturated carbocycles. The lowest BCUT2D eigenvalue weighted by Crippen LogP contribution is -2.07. The van der Waals surface area contributed by atoms with E-state index in [0.717, 1.165) is 5.69 Å². The van der Waals surface area contributed by atoms with E-state index >= 15 is 0 Å². The van der Waals surface area contributed by atoms with Crippen molar-refractivity contribution in [2.24, 2.45) is 0 Å². The average molecular weight is 312 g/mol. The van der Waals surface area contributed by atoms with Gasteiger partial charge in [0.15, 0.2) is 0 Å². The summed E-state index contributed by atoms with van der Waals surface area (Å²) in [6.07, 6.45) is 4.87. The van der Waals surface area contributed by atoms with Crippen LogP contribution in [0.3, 0.4) is 0 Å². The van der Waals surface area contributed by atoms with Gasteiger partial charge in [0.1, 0.15) is 0 Å². The first kappa shape index (κ1) is 15.8. The van der Waals surface area contributed by atoms with Gasteiger partial charge in [-0.15, -0.1) is 0 Å². The number of nitrogens with one attached hydrogen (secondary N) is 1. The van der Waals surface area contributed by atoms with Gasteiger partial charge < -0.3 is 10.3 Å². The zero-order valence-electron chi connectivity index (χ0n) is 13.7. The average Bonchev–Trinajstić information content (AvgIpc) is 2.67. The van der Waals surface area contributed by atoms with Gasteiger partial charge in [-0.3, -0.25) is 0 Å². The highest BCUT2D eigenvalue weighted by molar-refractivity contribution is 5.73. The van der Waals surface area contributed by atoms with Crippen LogP contribution in [0.25, 0.3) is 22.3 Å². The van der Waals surface area contributed by atoms with Crippen LogP contribution in [-0.2, 0) is 0 Å². The number of nitrogens with zero attached hydrogens (tertiary/aromatic N) is 1. The second-order valence-corrected chi connectivity index (χ2v) is 5.61. The molecule has 3 aromatic carbocycles. The zero-order valence-corrected chi connectivity index (χ0v) is 13.7. The fraction of sp³-hybridized carbons (Fsp3) is 0.0455. The summed E-state index contributed by atoms with van der Waals surface area (Å²) < 4.78 is 0. The number of hydrogen-bond donors (Lipinski definition) is 1. The van der Waals surface area contributed by atoms with Crippen molar-refractivity contribution in [2.75, 3.05) is 11.9 Å². The van der Waals surface area contributed by atoms with Crippen molar-refractivity contribution in [3.63, 3.8) is 0 Å². The fourth-order valence-corrected chi connectivity index (χ4v) is 2.65. The molecule has 118 valence electrons. The zero-order chi connectivity index (χ0) is 16.8. The maximum atomic E-state index is 7.09. The minimum Gasteiger partial charge on any atom is -0.351 e. The Kier molecular flexibility index (Phi) is 4.87. The molecule has 1 N–H and O–H groups in total. The smallest absolute Gasteiger partial charge is 0.0409 e.